The summed E-state index contributed by atoms with van der Waals surface area (Å²) in [5.41, 5.74) is 2.69. The summed E-state index contributed by atoms with van der Waals surface area (Å²) < 4.78 is 39.1. The molecule has 1 aromatic rings. The molecule has 3 aliphatic heterocycles. The average Bonchev–Trinajstić information content (AvgIpc) is 3.23. The fourth-order valence-corrected chi connectivity index (χ4v) is 5.20. The van der Waals surface area contributed by atoms with Gasteiger partial charge in [0.25, 0.3) is 22.6 Å². The van der Waals surface area contributed by atoms with E-state index in [1.165, 1.54) is 8.61 Å². The predicted molar refractivity (Wildman–Crippen MR) is 102 cm³/mol. The number of amides is 1. The highest BCUT2D eigenvalue weighted by atomic mass is 32.2. The van der Waals surface area contributed by atoms with E-state index in [9.17, 15) is 13.2 Å². The third-order valence-corrected chi connectivity index (χ3v) is 7.19. The number of nitrogens with zero attached hydrogens (tertiary/aromatic N) is 3. The predicted octanol–water partition coefficient (Wildman–Crippen LogP) is -0.248. The summed E-state index contributed by atoms with van der Waals surface area (Å²) in [6, 6.07) is 5.68. The van der Waals surface area contributed by atoms with Crippen LogP contribution in [0, 0.1) is 0 Å². The molecule has 3 heterocycles. The van der Waals surface area contributed by atoms with E-state index in [0.717, 1.165) is 11.1 Å². The molecule has 10 nitrogen and oxygen atoms in total. The lowest BCUT2D eigenvalue weighted by Crippen LogP contribution is -2.55. The average molecular weight is 427 g/mol. The Morgan fingerprint density at radius 1 is 0.966 bits per heavy atom. The molecule has 0 bridgehead atoms. The molecule has 1 aromatic carbocycles. The van der Waals surface area contributed by atoms with Crippen molar-refractivity contribution >= 4 is 22.6 Å². The highest BCUT2D eigenvalue weighted by Gasteiger charge is 2.35. The van der Waals surface area contributed by atoms with Gasteiger partial charge in [-0.2, -0.15) is 17.0 Å². The Kier molecular flexibility index (Phi) is 7.19. The number of rotatable bonds is 3. The molecule has 11 heteroatoms. The normalized spacial score (nSPS) is 20.5. The van der Waals surface area contributed by atoms with Crippen LogP contribution >= 0.6 is 0 Å². The van der Waals surface area contributed by atoms with Gasteiger partial charge in [0, 0.05) is 44.8 Å². The molecule has 0 unspecified atom stereocenters. The minimum Gasteiger partial charge on any atom is -0.483 e. The molecule has 0 saturated carbocycles. The summed E-state index contributed by atoms with van der Waals surface area (Å²) in [7, 11) is -3.48. The van der Waals surface area contributed by atoms with Gasteiger partial charge in [0.05, 0.1) is 26.4 Å². The van der Waals surface area contributed by atoms with Crippen LogP contribution in [0.4, 0.5) is 0 Å². The number of fused-ring (bicyclic) bond motifs is 1. The maximum Gasteiger partial charge on any atom is 0.290 e. The summed E-state index contributed by atoms with van der Waals surface area (Å²) in [4.78, 5) is 23.0. The van der Waals surface area contributed by atoms with Gasteiger partial charge in [0.15, 0.2) is 0 Å². The Morgan fingerprint density at radius 3 is 2.24 bits per heavy atom. The first kappa shape index (κ1) is 21.7. The molecule has 2 saturated heterocycles. The van der Waals surface area contributed by atoms with Gasteiger partial charge in [-0.25, -0.2) is 0 Å². The van der Waals surface area contributed by atoms with Gasteiger partial charge in [-0.3, -0.25) is 9.59 Å². The Labute approximate surface area is 169 Å². The highest BCUT2D eigenvalue weighted by molar-refractivity contribution is 7.86. The van der Waals surface area contributed by atoms with Crippen LogP contribution in [0.25, 0.3) is 0 Å². The summed E-state index contributed by atoms with van der Waals surface area (Å²) in [6.45, 7) is 3.81. The Balaban J connectivity index is 0.000000755. The second-order valence-electron chi connectivity index (χ2n) is 6.75. The van der Waals surface area contributed by atoms with E-state index in [1.54, 1.807) is 4.90 Å². The molecule has 3 aliphatic rings. The monoisotopic (exact) mass is 427 g/mol. The summed E-state index contributed by atoms with van der Waals surface area (Å²) in [6.07, 6.45) is 0. The van der Waals surface area contributed by atoms with E-state index < -0.39 is 10.2 Å². The molecule has 1 amide bonds. The van der Waals surface area contributed by atoms with Crippen LogP contribution in [0.3, 0.4) is 0 Å². The van der Waals surface area contributed by atoms with Gasteiger partial charge in [-0.1, -0.05) is 12.1 Å². The first-order valence-corrected chi connectivity index (χ1v) is 10.8. The SMILES string of the molecule is O=C(c1cccc2c1COC2)N1CCN(S(=O)(=O)N2CCOCC2)CC1.O=CO. The molecular weight excluding hydrogens is 402 g/mol. The zero-order chi connectivity index (χ0) is 20.9. The van der Waals surface area contributed by atoms with Crippen LogP contribution in [-0.2, 0) is 37.7 Å². The number of carbonyl (C=O) groups excluding carboxylic acids is 1. The quantitative estimate of drug-likeness (QED) is 0.661. The fraction of sp³-hybridized carbons (Fsp3) is 0.556. The van der Waals surface area contributed by atoms with E-state index in [4.69, 9.17) is 19.4 Å². The van der Waals surface area contributed by atoms with Gasteiger partial charge < -0.3 is 19.5 Å². The van der Waals surface area contributed by atoms with Crippen molar-refractivity contribution in [3.05, 3.63) is 34.9 Å². The number of carbonyl (C=O) groups is 2. The number of benzene rings is 1. The van der Waals surface area contributed by atoms with Gasteiger partial charge in [0.2, 0.25) is 0 Å². The van der Waals surface area contributed by atoms with Crippen LogP contribution in [0.5, 0.6) is 0 Å². The van der Waals surface area contributed by atoms with Gasteiger partial charge >= 0.3 is 0 Å². The number of hydrogen-bond acceptors (Lipinski definition) is 6. The Morgan fingerprint density at radius 2 is 1.59 bits per heavy atom. The molecule has 1 N–H and O–H groups in total. The van der Waals surface area contributed by atoms with E-state index in [0.29, 0.717) is 71.3 Å². The minimum absolute atomic E-state index is 0.0456. The molecule has 4 rings (SSSR count). The maximum absolute atomic E-state index is 12.9. The summed E-state index contributed by atoms with van der Waals surface area (Å²) in [5, 5.41) is 6.89. The van der Waals surface area contributed by atoms with E-state index in [2.05, 4.69) is 0 Å². The minimum atomic E-state index is -3.48. The topological polar surface area (TPSA) is 117 Å². The standard InChI is InChI=1S/C17H23N3O5S.CH2O2/c21-17(15-3-1-2-14-12-25-13-16(14)15)18-4-6-19(7-5-18)26(22,23)20-8-10-24-11-9-20;2-1-3/h1-3H,4-13H2;1H,(H,2,3). The number of hydrogen-bond donors (Lipinski definition) is 1. The van der Waals surface area contributed by atoms with Crippen LogP contribution in [0.15, 0.2) is 18.2 Å². The molecule has 0 spiro atoms. The third-order valence-electron chi connectivity index (χ3n) is 5.16. The van der Waals surface area contributed by atoms with Gasteiger partial charge in [-0.05, 0) is 17.2 Å². The fourth-order valence-electron chi connectivity index (χ4n) is 3.64. The van der Waals surface area contributed by atoms with Crippen molar-refractivity contribution in [2.24, 2.45) is 0 Å². The number of morpholine rings is 1. The number of carboxylic acid groups (broad SMARTS) is 1. The van der Waals surface area contributed by atoms with Crippen LogP contribution in [0.1, 0.15) is 21.5 Å². The number of piperazine rings is 1. The highest BCUT2D eigenvalue weighted by Crippen LogP contribution is 2.25. The Hall–Kier alpha value is -2.05. The van der Waals surface area contributed by atoms with Crippen molar-refractivity contribution in [1.29, 1.82) is 0 Å². The Bertz CT molecular complexity index is 832. The first-order valence-electron chi connectivity index (χ1n) is 9.37. The lowest BCUT2D eigenvalue weighted by Gasteiger charge is -2.37. The van der Waals surface area contributed by atoms with Crippen molar-refractivity contribution in [1.82, 2.24) is 13.5 Å². The second kappa shape index (κ2) is 9.63. The van der Waals surface area contributed by atoms with Crippen molar-refractivity contribution in [2.45, 2.75) is 13.2 Å². The van der Waals surface area contributed by atoms with Crippen LogP contribution in [-0.4, -0.2) is 91.9 Å². The lowest BCUT2D eigenvalue weighted by molar-refractivity contribution is -0.122. The van der Waals surface area contributed by atoms with E-state index in [-0.39, 0.29) is 12.4 Å². The summed E-state index contributed by atoms with van der Waals surface area (Å²) >= 11 is 0. The van der Waals surface area contributed by atoms with Crippen molar-refractivity contribution in [3.63, 3.8) is 0 Å². The van der Waals surface area contributed by atoms with Crippen LogP contribution in [0.2, 0.25) is 0 Å². The summed E-state index contributed by atoms with van der Waals surface area (Å²) in [5.74, 6) is -0.0456. The van der Waals surface area contributed by atoms with Gasteiger partial charge in [0.1, 0.15) is 0 Å². The maximum atomic E-state index is 12.9. The molecular formula is C18H25N3O7S. The molecule has 2 fully saturated rings. The number of ether oxygens (including phenoxy) is 2. The van der Waals surface area contributed by atoms with Crippen LogP contribution < -0.4 is 0 Å². The molecule has 0 aromatic heterocycles. The van der Waals surface area contributed by atoms with E-state index >= 15 is 0 Å². The van der Waals surface area contributed by atoms with Gasteiger partial charge in [-0.15, -0.1) is 0 Å². The lowest BCUT2D eigenvalue weighted by atomic mass is 10.0. The smallest absolute Gasteiger partial charge is 0.290 e. The molecule has 160 valence electrons. The zero-order valence-electron chi connectivity index (χ0n) is 16.0. The largest absolute Gasteiger partial charge is 0.483 e. The third kappa shape index (κ3) is 4.75. The molecule has 0 radical (unpaired) electrons. The molecule has 29 heavy (non-hydrogen) atoms. The van der Waals surface area contributed by atoms with Crippen molar-refractivity contribution in [3.8, 4) is 0 Å². The first-order chi connectivity index (χ1) is 14.0. The van der Waals surface area contributed by atoms with Crippen molar-refractivity contribution < 1.29 is 32.6 Å². The second-order valence-corrected chi connectivity index (χ2v) is 8.68. The molecule has 0 atom stereocenters. The zero-order valence-corrected chi connectivity index (χ0v) is 16.8. The van der Waals surface area contributed by atoms with Crippen molar-refractivity contribution in [2.75, 3.05) is 52.5 Å². The molecule has 0 aliphatic carbocycles. The van der Waals surface area contributed by atoms with E-state index in [1.807, 2.05) is 18.2 Å².